The summed E-state index contributed by atoms with van der Waals surface area (Å²) in [6.07, 6.45) is 1.24. The third-order valence-corrected chi connectivity index (χ3v) is 9.39. The Morgan fingerprint density at radius 3 is 2.41 bits per heavy atom. The van der Waals surface area contributed by atoms with Crippen LogP contribution in [0.5, 0.6) is 0 Å². The third-order valence-electron chi connectivity index (χ3n) is 7.10. The SMILES string of the molecule is CS(=O)(=O)N1CCc2c(c(-c3ccc(I)cc3)nn2CC(O)CN2CCN(c3ccccc3Cl)CC2)C1. The molecule has 2 aliphatic rings. The van der Waals surface area contributed by atoms with Crippen molar-refractivity contribution in [3.05, 3.63) is 68.4 Å². The Morgan fingerprint density at radius 2 is 1.73 bits per heavy atom. The van der Waals surface area contributed by atoms with Gasteiger partial charge < -0.3 is 10.0 Å². The number of sulfonamides is 1. The Kier molecular flexibility index (Phi) is 8.13. The summed E-state index contributed by atoms with van der Waals surface area (Å²) in [5.41, 5.74) is 4.74. The Hall–Kier alpha value is -1.70. The van der Waals surface area contributed by atoms with E-state index in [0.29, 0.717) is 32.6 Å². The molecule has 0 saturated carbocycles. The highest BCUT2D eigenvalue weighted by molar-refractivity contribution is 14.1. The number of β-amino-alcohol motifs (C(OH)–C–C–N with tert-alkyl or cyclic N) is 1. The zero-order valence-corrected chi connectivity index (χ0v) is 24.5. The molecule has 1 saturated heterocycles. The predicted molar refractivity (Wildman–Crippen MR) is 155 cm³/mol. The second-order valence-electron chi connectivity index (χ2n) is 9.70. The number of hydrogen-bond acceptors (Lipinski definition) is 6. The number of aliphatic hydroxyl groups is 1. The lowest BCUT2D eigenvalue weighted by molar-refractivity contribution is 0.0911. The molecule has 5 rings (SSSR count). The summed E-state index contributed by atoms with van der Waals surface area (Å²) >= 11 is 8.64. The van der Waals surface area contributed by atoms with E-state index in [4.69, 9.17) is 16.7 Å². The zero-order valence-electron chi connectivity index (χ0n) is 20.7. The van der Waals surface area contributed by atoms with Gasteiger partial charge in [0.15, 0.2) is 0 Å². The molecule has 11 heteroatoms. The molecule has 0 bridgehead atoms. The van der Waals surface area contributed by atoms with Gasteiger partial charge in [0.1, 0.15) is 0 Å². The first kappa shape index (κ1) is 26.9. The van der Waals surface area contributed by atoms with Gasteiger partial charge >= 0.3 is 0 Å². The van der Waals surface area contributed by atoms with Crippen LogP contribution in [0.2, 0.25) is 5.02 Å². The highest BCUT2D eigenvalue weighted by atomic mass is 127. The lowest BCUT2D eigenvalue weighted by atomic mass is 10.0. The van der Waals surface area contributed by atoms with Crippen LogP contribution in [0.25, 0.3) is 11.3 Å². The number of fused-ring (bicyclic) bond motifs is 1. The molecule has 0 spiro atoms. The van der Waals surface area contributed by atoms with Gasteiger partial charge in [-0.25, -0.2) is 8.42 Å². The van der Waals surface area contributed by atoms with Gasteiger partial charge in [-0.2, -0.15) is 9.40 Å². The monoisotopic (exact) mass is 655 g/mol. The molecule has 3 heterocycles. The first-order valence-corrected chi connectivity index (χ1v) is 15.7. The fraction of sp³-hybridized carbons (Fsp3) is 0.423. The lowest BCUT2D eigenvalue weighted by Crippen LogP contribution is -2.49. The Morgan fingerprint density at radius 1 is 1.03 bits per heavy atom. The van der Waals surface area contributed by atoms with E-state index >= 15 is 0 Å². The number of anilines is 1. The molecule has 1 N–H and O–H groups in total. The van der Waals surface area contributed by atoms with Crippen molar-refractivity contribution in [2.75, 3.05) is 50.4 Å². The van der Waals surface area contributed by atoms with E-state index in [0.717, 1.165) is 63.0 Å². The standard InChI is InChI=1S/C26H31ClIN5O3S/c1-37(35,36)32-11-10-24-22(18-32)26(19-6-8-20(28)9-7-19)29-33(24)17-21(34)16-30-12-14-31(15-13-30)25-5-3-2-4-23(25)27/h2-9,21,34H,10-18H2,1H3. The first-order valence-electron chi connectivity index (χ1n) is 12.4. The van der Waals surface area contributed by atoms with Crippen molar-refractivity contribution in [2.45, 2.75) is 25.6 Å². The molecule has 8 nitrogen and oxygen atoms in total. The van der Waals surface area contributed by atoms with Crippen LogP contribution in [0.15, 0.2) is 48.5 Å². The van der Waals surface area contributed by atoms with Crippen LogP contribution in [-0.4, -0.2) is 84.1 Å². The summed E-state index contributed by atoms with van der Waals surface area (Å²) in [5, 5.41) is 16.7. The number of benzene rings is 2. The largest absolute Gasteiger partial charge is 0.390 e. The van der Waals surface area contributed by atoms with Crippen LogP contribution in [0.1, 0.15) is 11.3 Å². The molecule has 3 aromatic rings. The average Bonchev–Trinajstić information content (AvgIpc) is 3.22. The van der Waals surface area contributed by atoms with Crippen LogP contribution >= 0.6 is 34.2 Å². The van der Waals surface area contributed by atoms with Crippen molar-refractivity contribution < 1.29 is 13.5 Å². The summed E-state index contributed by atoms with van der Waals surface area (Å²) < 4.78 is 29.1. The minimum atomic E-state index is -3.31. The van der Waals surface area contributed by atoms with Gasteiger partial charge in [-0.15, -0.1) is 0 Å². The maximum atomic E-state index is 12.3. The van der Waals surface area contributed by atoms with Crippen molar-refractivity contribution in [1.29, 1.82) is 0 Å². The number of hydrogen-bond donors (Lipinski definition) is 1. The normalized spacial score (nSPS) is 18.1. The Bertz CT molecular complexity index is 1360. The second kappa shape index (κ2) is 11.2. The van der Waals surface area contributed by atoms with Crippen LogP contribution in [0, 0.1) is 3.57 Å². The van der Waals surface area contributed by atoms with Gasteiger partial charge in [0, 0.05) is 72.6 Å². The molecule has 198 valence electrons. The summed E-state index contributed by atoms with van der Waals surface area (Å²) in [6, 6.07) is 16.0. The molecule has 0 radical (unpaired) electrons. The van der Waals surface area contributed by atoms with Gasteiger partial charge in [-0.05, 0) is 46.9 Å². The second-order valence-corrected chi connectivity index (χ2v) is 13.3. The Labute approximate surface area is 237 Å². The lowest BCUT2D eigenvalue weighted by Gasteiger charge is -2.37. The summed E-state index contributed by atoms with van der Waals surface area (Å²) in [4.78, 5) is 4.56. The molecule has 1 unspecified atom stereocenters. The highest BCUT2D eigenvalue weighted by Crippen LogP contribution is 2.32. The molecular formula is C26H31ClIN5O3S. The summed E-state index contributed by atoms with van der Waals surface area (Å²) in [5.74, 6) is 0. The molecule has 1 aromatic heterocycles. The average molecular weight is 656 g/mol. The molecule has 0 amide bonds. The number of aliphatic hydroxyl groups excluding tert-OH is 1. The van der Waals surface area contributed by atoms with Gasteiger partial charge in [0.2, 0.25) is 10.0 Å². The molecule has 2 aromatic carbocycles. The molecule has 37 heavy (non-hydrogen) atoms. The summed E-state index contributed by atoms with van der Waals surface area (Å²) in [7, 11) is -3.31. The topological polar surface area (TPSA) is 81.9 Å². The van der Waals surface area contributed by atoms with Crippen molar-refractivity contribution in [3.8, 4) is 11.3 Å². The van der Waals surface area contributed by atoms with E-state index in [1.165, 1.54) is 10.6 Å². The fourth-order valence-electron chi connectivity index (χ4n) is 5.17. The first-order chi connectivity index (χ1) is 17.7. The number of nitrogens with zero attached hydrogens (tertiary/aromatic N) is 5. The van der Waals surface area contributed by atoms with E-state index < -0.39 is 16.1 Å². The molecule has 2 aliphatic heterocycles. The van der Waals surface area contributed by atoms with E-state index in [-0.39, 0.29) is 0 Å². The maximum absolute atomic E-state index is 12.3. The highest BCUT2D eigenvalue weighted by Gasteiger charge is 2.30. The van der Waals surface area contributed by atoms with Crippen molar-refractivity contribution in [1.82, 2.24) is 19.0 Å². The minimum absolute atomic E-state index is 0.301. The predicted octanol–water partition coefficient (Wildman–Crippen LogP) is 3.31. The number of rotatable bonds is 7. The number of para-hydroxylation sites is 1. The molecule has 0 aliphatic carbocycles. The maximum Gasteiger partial charge on any atom is 0.211 e. The van der Waals surface area contributed by atoms with Gasteiger partial charge in [-0.1, -0.05) is 35.9 Å². The third kappa shape index (κ3) is 6.15. The smallest absolute Gasteiger partial charge is 0.211 e. The Balaban J connectivity index is 1.29. The number of piperazine rings is 1. The minimum Gasteiger partial charge on any atom is -0.390 e. The molecule has 1 fully saturated rings. The van der Waals surface area contributed by atoms with E-state index in [1.54, 1.807) is 0 Å². The van der Waals surface area contributed by atoms with Crippen LogP contribution in [0.4, 0.5) is 5.69 Å². The van der Waals surface area contributed by atoms with Gasteiger partial charge in [0.05, 0.1) is 35.3 Å². The van der Waals surface area contributed by atoms with Crippen LogP contribution in [-0.2, 0) is 29.5 Å². The van der Waals surface area contributed by atoms with Crippen LogP contribution in [0.3, 0.4) is 0 Å². The molecule has 1 atom stereocenters. The van der Waals surface area contributed by atoms with E-state index in [2.05, 4.69) is 32.4 Å². The molecular weight excluding hydrogens is 625 g/mol. The zero-order chi connectivity index (χ0) is 26.2. The fourth-order valence-corrected chi connectivity index (χ4v) is 6.58. The number of halogens is 2. The summed E-state index contributed by atoms with van der Waals surface area (Å²) in [6.45, 7) is 5.04. The van der Waals surface area contributed by atoms with Gasteiger partial charge in [-0.3, -0.25) is 9.58 Å². The quantitative estimate of drug-likeness (QED) is 0.394. The van der Waals surface area contributed by atoms with Crippen molar-refractivity contribution >= 4 is 49.9 Å². The van der Waals surface area contributed by atoms with Crippen molar-refractivity contribution in [2.24, 2.45) is 0 Å². The van der Waals surface area contributed by atoms with Gasteiger partial charge in [0.25, 0.3) is 0 Å². The van der Waals surface area contributed by atoms with Crippen LogP contribution < -0.4 is 4.90 Å². The van der Waals surface area contributed by atoms with Crippen molar-refractivity contribution in [3.63, 3.8) is 0 Å². The van der Waals surface area contributed by atoms with E-state index in [1.807, 2.05) is 53.2 Å². The van der Waals surface area contributed by atoms with E-state index in [9.17, 15) is 13.5 Å². The number of aromatic nitrogens is 2.